The molecule has 2 aliphatic rings. The van der Waals surface area contributed by atoms with Gasteiger partial charge in [0.05, 0.1) is 0 Å². The number of nitrogens with one attached hydrogen (secondary N) is 1. The van der Waals surface area contributed by atoms with Gasteiger partial charge in [-0.25, -0.2) is 0 Å². The van der Waals surface area contributed by atoms with E-state index in [1.54, 1.807) is 0 Å². The lowest BCUT2D eigenvalue weighted by Gasteiger charge is -2.28. The van der Waals surface area contributed by atoms with Crippen LogP contribution >= 0.6 is 0 Å². The Kier molecular flexibility index (Phi) is 0.487. The van der Waals surface area contributed by atoms with Crippen LogP contribution < -0.4 is 5.32 Å². The second-order valence-corrected chi connectivity index (χ2v) is 2.94. The maximum absolute atomic E-state index is 3.45. The maximum atomic E-state index is 3.45. The van der Waals surface area contributed by atoms with Crippen LogP contribution in [0.3, 0.4) is 0 Å². The van der Waals surface area contributed by atoms with Crippen molar-refractivity contribution in [1.29, 1.82) is 0 Å². The van der Waals surface area contributed by atoms with Crippen molar-refractivity contribution in [3.8, 4) is 0 Å². The smallest absolute Gasteiger partial charge is 0.0223 e. The van der Waals surface area contributed by atoms with E-state index >= 15 is 0 Å². The van der Waals surface area contributed by atoms with E-state index in [4.69, 9.17) is 0 Å². The molecule has 1 N–H and O–H groups in total. The van der Waals surface area contributed by atoms with Crippen LogP contribution in [0, 0.1) is 5.92 Å². The largest absolute Gasteiger partial charge is 0.311 e. The zero-order valence-electron chi connectivity index (χ0n) is 4.70. The van der Waals surface area contributed by atoms with Crippen molar-refractivity contribution in [3.63, 3.8) is 0 Å². The third-order valence-corrected chi connectivity index (χ3v) is 2.50. The molecule has 1 heteroatoms. The molecule has 0 radical (unpaired) electrons. The summed E-state index contributed by atoms with van der Waals surface area (Å²) < 4.78 is 0. The minimum absolute atomic E-state index is 0.681. The van der Waals surface area contributed by atoms with Crippen LogP contribution in [0.25, 0.3) is 0 Å². The van der Waals surface area contributed by atoms with Crippen LogP contribution in [-0.2, 0) is 0 Å². The molecule has 1 nitrogen and oxygen atoms in total. The summed E-state index contributed by atoms with van der Waals surface area (Å²) in [5, 5.41) is 3.45. The van der Waals surface area contributed by atoms with E-state index in [0.29, 0.717) is 5.54 Å². The Labute approximate surface area is 44.1 Å². The van der Waals surface area contributed by atoms with Crippen molar-refractivity contribution in [2.75, 3.05) is 6.54 Å². The van der Waals surface area contributed by atoms with Gasteiger partial charge in [-0.2, -0.15) is 0 Å². The molecule has 0 aromatic rings. The molecule has 2 fully saturated rings. The van der Waals surface area contributed by atoms with Crippen molar-refractivity contribution in [2.45, 2.75) is 25.3 Å². The lowest BCUT2D eigenvalue weighted by atomic mass is 10.0. The van der Waals surface area contributed by atoms with Crippen LogP contribution in [0.15, 0.2) is 0 Å². The molecule has 0 bridgehead atoms. The Morgan fingerprint density at radius 3 is 2.29 bits per heavy atom. The van der Waals surface area contributed by atoms with E-state index in [-0.39, 0.29) is 0 Å². The van der Waals surface area contributed by atoms with Gasteiger partial charge in [0.25, 0.3) is 0 Å². The Hall–Kier alpha value is -0.0400. The van der Waals surface area contributed by atoms with Crippen molar-refractivity contribution in [1.82, 2.24) is 5.32 Å². The van der Waals surface area contributed by atoms with Crippen LogP contribution in [-0.4, -0.2) is 12.1 Å². The zero-order chi connectivity index (χ0) is 4.91. The number of hydrogen-bond donors (Lipinski definition) is 1. The van der Waals surface area contributed by atoms with Crippen LogP contribution in [0.5, 0.6) is 0 Å². The van der Waals surface area contributed by atoms with E-state index in [2.05, 4.69) is 12.2 Å². The van der Waals surface area contributed by atoms with Crippen molar-refractivity contribution in [3.05, 3.63) is 0 Å². The minimum Gasteiger partial charge on any atom is -0.311 e. The highest BCUT2D eigenvalue weighted by molar-refractivity contribution is 5.13. The lowest BCUT2D eigenvalue weighted by molar-refractivity contribution is 0.326. The molecule has 1 heterocycles. The van der Waals surface area contributed by atoms with Crippen molar-refractivity contribution >= 4 is 0 Å². The molecule has 1 aliphatic carbocycles. The predicted octanol–water partition coefficient (Wildman–Crippen LogP) is 0.758. The third kappa shape index (κ3) is 0.325. The first-order chi connectivity index (χ1) is 3.33. The summed E-state index contributed by atoms with van der Waals surface area (Å²) >= 11 is 0. The molecule has 0 aromatic carbocycles. The van der Waals surface area contributed by atoms with E-state index in [1.807, 2.05) is 0 Å². The second-order valence-electron chi connectivity index (χ2n) is 2.94. The molecule has 1 saturated carbocycles. The summed E-state index contributed by atoms with van der Waals surface area (Å²) in [5.41, 5.74) is 0.681. The maximum Gasteiger partial charge on any atom is 0.0223 e. The van der Waals surface area contributed by atoms with Crippen LogP contribution in [0.2, 0.25) is 0 Å². The zero-order valence-corrected chi connectivity index (χ0v) is 4.70. The summed E-state index contributed by atoms with van der Waals surface area (Å²) in [4.78, 5) is 0. The van der Waals surface area contributed by atoms with E-state index in [1.165, 1.54) is 19.4 Å². The topological polar surface area (TPSA) is 12.0 Å². The molecule has 1 spiro atoms. The summed E-state index contributed by atoms with van der Waals surface area (Å²) in [6.45, 7) is 3.59. The fraction of sp³-hybridized carbons (Fsp3) is 1.00. The highest BCUT2D eigenvalue weighted by Gasteiger charge is 2.54. The van der Waals surface area contributed by atoms with Crippen LogP contribution in [0.4, 0.5) is 0 Å². The second kappa shape index (κ2) is 0.873. The summed E-state index contributed by atoms with van der Waals surface area (Å²) in [5.74, 6) is 0.987. The van der Waals surface area contributed by atoms with Gasteiger partial charge in [-0.15, -0.1) is 0 Å². The molecule has 40 valence electrons. The van der Waals surface area contributed by atoms with Gasteiger partial charge in [-0.1, -0.05) is 6.92 Å². The average molecular weight is 97.2 g/mol. The highest BCUT2D eigenvalue weighted by Crippen LogP contribution is 2.49. The van der Waals surface area contributed by atoms with Gasteiger partial charge in [0.15, 0.2) is 0 Å². The third-order valence-electron chi connectivity index (χ3n) is 2.50. The van der Waals surface area contributed by atoms with Crippen molar-refractivity contribution in [2.24, 2.45) is 5.92 Å². The molecular weight excluding hydrogens is 86.1 g/mol. The molecule has 7 heavy (non-hydrogen) atoms. The fourth-order valence-electron chi connectivity index (χ4n) is 1.53. The van der Waals surface area contributed by atoms with Gasteiger partial charge in [0.1, 0.15) is 0 Å². The average Bonchev–Trinajstić information content (AvgIpc) is 2.10. The lowest BCUT2D eigenvalue weighted by Crippen LogP contribution is -2.46. The van der Waals surface area contributed by atoms with Gasteiger partial charge in [-0.05, 0) is 25.3 Å². The Morgan fingerprint density at radius 1 is 1.71 bits per heavy atom. The Balaban J connectivity index is 2.05. The van der Waals surface area contributed by atoms with Gasteiger partial charge >= 0.3 is 0 Å². The standard InChI is InChI=1S/C6H11N/c1-5-4-6(5)2-3-7-6/h5,7H,2-4H2,1H3/t5-,6?/m1/s1. The molecular formula is C6H11N. The SMILES string of the molecule is C[C@@H]1CC12CCN2. The predicted molar refractivity (Wildman–Crippen MR) is 29.1 cm³/mol. The first-order valence-corrected chi connectivity index (χ1v) is 3.08. The molecule has 1 aliphatic heterocycles. The molecule has 0 aromatic heterocycles. The molecule has 2 rings (SSSR count). The van der Waals surface area contributed by atoms with E-state index < -0.39 is 0 Å². The van der Waals surface area contributed by atoms with E-state index in [9.17, 15) is 0 Å². The normalized spacial score (nSPS) is 57.0. The fourth-order valence-corrected chi connectivity index (χ4v) is 1.53. The first kappa shape index (κ1) is 3.90. The Morgan fingerprint density at radius 2 is 2.29 bits per heavy atom. The van der Waals surface area contributed by atoms with Gasteiger partial charge in [-0.3, -0.25) is 0 Å². The summed E-state index contributed by atoms with van der Waals surface area (Å²) in [6.07, 6.45) is 2.88. The molecule has 1 saturated heterocycles. The molecule has 1 unspecified atom stereocenters. The van der Waals surface area contributed by atoms with Crippen molar-refractivity contribution < 1.29 is 0 Å². The van der Waals surface area contributed by atoms with Gasteiger partial charge < -0.3 is 5.32 Å². The highest BCUT2D eigenvalue weighted by atomic mass is 15.1. The quantitative estimate of drug-likeness (QED) is 0.470. The van der Waals surface area contributed by atoms with Crippen LogP contribution in [0.1, 0.15) is 19.8 Å². The van der Waals surface area contributed by atoms with Gasteiger partial charge in [0, 0.05) is 5.54 Å². The number of rotatable bonds is 0. The minimum atomic E-state index is 0.681. The monoisotopic (exact) mass is 97.1 g/mol. The molecule has 0 amide bonds. The molecule has 2 atom stereocenters. The number of hydrogen-bond acceptors (Lipinski definition) is 1. The Bertz CT molecular complexity index is 88.8. The van der Waals surface area contributed by atoms with Gasteiger partial charge in [0.2, 0.25) is 0 Å². The summed E-state index contributed by atoms with van der Waals surface area (Å²) in [7, 11) is 0. The first-order valence-electron chi connectivity index (χ1n) is 3.08. The summed E-state index contributed by atoms with van der Waals surface area (Å²) in [6, 6.07) is 0. The van der Waals surface area contributed by atoms with E-state index in [0.717, 1.165) is 5.92 Å².